The summed E-state index contributed by atoms with van der Waals surface area (Å²) in [4.78, 5) is 8.85. The Bertz CT molecular complexity index is 660. The van der Waals surface area contributed by atoms with E-state index in [1.54, 1.807) is 0 Å². The van der Waals surface area contributed by atoms with Crippen molar-refractivity contribution in [1.29, 1.82) is 0 Å². The van der Waals surface area contributed by atoms with E-state index in [-0.39, 0.29) is 6.04 Å². The molecular weight excluding hydrogens is 286 g/mol. The molecule has 0 saturated heterocycles. The number of anilines is 1. The summed E-state index contributed by atoms with van der Waals surface area (Å²) in [5, 5.41) is 4.02. The van der Waals surface area contributed by atoms with Gasteiger partial charge in [0.25, 0.3) is 0 Å². The van der Waals surface area contributed by atoms with Gasteiger partial charge in [0, 0.05) is 24.0 Å². The summed E-state index contributed by atoms with van der Waals surface area (Å²) in [6.45, 7) is 4.66. The molecule has 0 spiro atoms. The predicted molar refractivity (Wildman–Crippen MR) is 84.1 cm³/mol. The van der Waals surface area contributed by atoms with Crippen molar-refractivity contribution < 1.29 is 4.74 Å². The molecule has 4 nitrogen and oxygen atoms in total. The molecule has 1 aliphatic heterocycles. The van der Waals surface area contributed by atoms with Crippen molar-refractivity contribution in [2.45, 2.75) is 32.7 Å². The minimum atomic E-state index is 0.185. The van der Waals surface area contributed by atoms with Gasteiger partial charge in [-0.1, -0.05) is 36.7 Å². The van der Waals surface area contributed by atoms with Crippen LogP contribution in [0, 0.1) is 6.92 Å². The second-order valence-corrected chi connectivity index (χ2v) is 5.49. The van der Waals surface area contributed by atoms with Gasteiger partial charge < -0.3 is 10.1 Å². The molecule has 1 N–H and O–H groups in total. The number of aromatic nitrogens is 2. The van der Waals surface area contributed by atoms with E-state index in [0.717, 1.165) is 41.4 Å². The predicted octanol–water partition coefficient (Wildman–Crippen LogP) is 3.94. The molecule has 0 fully saturated rings. The van der Waals surface area contributed by atoms with Crippen LogP contribution in [0.25, 0.3) is 0 Å². The van der Waals surface area contributed by atoms with E-state index in [0.29, 0.717) is 11.8 Å². The zero-order chi connectivity index (χ0) is 14.8. The third-order valence-electron chi connectivity index (χ3n) is 3.72. The maximum absolute atomic E-state index is 6.20. The molecule has 0 amide bonds. The average molecular weight is 304 g/mol. The summed E-state index contributed by atoms with van der Waals surface area (Å²) >= 11 is 6.20. The molecule has 0 aliphatic carbocycles. The van der Waals surface area contributed by atoms with Crippen molar-refractivity contribution in [3.05, 3.63) is 46.4 Å². The summed E-state index contributed by atoms with van der Waals surface area (Å²) in [7, 11) is 0. The van der Waals surface area contributed by atoms with Crippen molar-refractivity contribution in [3.63, 3.8) is 0 Å². The van der Waals surface area contributed by atoms with E-state index in [1.165, 1.54) is 0 Å². The van der Waals surface area contributed by atoms with Crippen LogP contribution in [-0.4, -0.2) is 16.6 Å². The van der Waals surface area contributed by atoms with Crippen molar-refractivity contribution in [2.75, 3.05) is 11.9 Å². The molecule has 2 heterocycles. The van der Waals surface area contributed by atoms with Crippen molar-refractivity contribution in [3.8, 4) is 5.75 Å². The van der Waals surface area contributed by atoms with E-state index >= 15 is 0 Å². The molecule has 1 aromatic heterocycles. The molecular formula is C16H18ClN3O. The first kappa shape index (κ1) is 14.1. The second-order valence-electron chi connectivity index (χ2n) is 5.13. The maximum Gasteiger partial charge on any atom is 0.137 e. The van der Waals surface area contributed by atoms with Crippen LogP contribution in [0.5, 0.6) is 5.75 Å². The van der Waals surface area contributed by atoms with Gasteiger partial charge in [-0.2, -0.15) is 0 Å². The lowest BCUT2D eigenvalue weighted by Crippen LogP contribution is -2.21. The van der Waals surface area contributed by atoms with Crippen LogP contribution in [0.4, 0.5) is 5.82 Å². The van der Waals surface area contributed by atoms with Crippen LogP contribution in [-0.2, 0) is 6.42 Å². The Morgan fingerprint density at radius 3 is 2.95 bits per heavy atom. The van der Waals surface area contributed by atoms with Crippen LogP contribution in [0.1, 0.15) is 36.3 Å². The summed E-state index contributed by atoms with van der Waals surface area (Å²) < 4.78 is 5.69. The Hall–Kier alpha value is -1.81. The smallest absolute Gasteiger partial charge is 0.137 e. The van der Waals surface area contributed by atoms with Gasteiger partial charge in [-0.25, -0.2) is 9.97 Å². The summed E-state index contributed by atoms with van der Waals surface area (Å²) in [6, 6.07) is 8.29. The van der Waals surface area contributed by atoms with Crippen LogP contribution >= 0.6 is 11.6 Å². The largest absolute Gasteiger partial charge is 0.493 e. The topological polar surface area (TPSA) is 47.0 Å². The molecule has 3 rings (SSSR count). The first-order valence-corrected chi connectivity index (χ1v) is 7.58. The molecule has 110 valence electrons. The highest BCUT2D eigenvalue weighted by Crippen LogP contribution is 2.34. The molecule has 0 radical (unpaired) electrons. The second kappa shape index (κ2) is 5.90. The van der Waals surface area contributed by atoms with Crippen LogP contribution < -0.4 is 10.1 Å². The summed E-state index contributed by atoms with van der Waals surface area (Å²) in [6.07, 6.45) is 1.67. The van der Waals surface area contributed by atoms with Crippen LogP contribution in [0.3, 0.4) is 0 Å². The van der Waals surface area contributed by atoms with Crippen LogP contribution in [0.15, 0.2) is 24.3 Å². The molecule has 1 unspecified atom stereocenters. The SMILES string of the molecule is CCc1nc(Cl)c(C)c(NC2CCOc3ccccc32)n1. The lowest BCUT2D eigenvalue weighted by Gasteiger charge is -2.27. The molecule has 1 aliphatic rings. The quantitative estimate of drug-likeness (QED) is 0.873. The Kier molecular flexibility index (Phi) is 3.97. The van der Waals surface area contributed by atoms with Crippen LogP contribution in [0.2, 0.25) is 5.15 Å². The zero-order valence-corrected chi connectivity index (χ0v) is 12.9. The number of hydrogen-bond donors (Lipinski definition) is 1. The molecule has 5 heteroatoms. The number of ether oxygens (including phenoxy) is 1. The average Bonchev–Trinajstić information content (AvgIpc) is 2.52. The highest BCUT2D eigenvalue weighted by atomic mass is 35.5. The number of aryl methyl sites for hydroxylation is 1. The third kappa shape index (κ3) is 2.81. The maximum atomic E-state index is 6.20. The fraction of sp³-hybridized carbons (Fsp3) is 0.375. The monoisotopic (exact) mass is 303 g/mol. The van der Waals surface area contributed by atoms with Crippen molar-refractivity contribution >= 4 is 17.4 Å². The van der Waals surface area contributed by atoms with Crippen molar-refractivity contribution in [1.82, 2.24) is 9.97 Å². The molecule has 0 bridgehead atoms. The van der Waals surface area contributed by atoms with Gasteiger partial charge in [-0.3, -0.25) is 0 Å². The Morgan fingerprint density at radius 1 is 1.33 bits per heavy atom. The number of rotatable bonds is 3. The lowest BCUT2D eigenvalue weighted by molar-refractivity contribution is 0.274. The molecule has 1 atom stereocenters. The molecule has 1 aromatic carbocycles. The van der Waals surface area contributed by atoms with Gasteiger partial charge in [0.15, 0.2) is 0 Å². The third-order valence-corrected chi connectivity index (χ3v) is 4.09. The minimum Gasteiger partial charge on any atom is -0.493 e. The van der Waals surface area contributed by atoms with Gasteiger partial charge in [0.05, 0.1) is 12.6 Å². The van der Waals surface area contributed by atoms with Gasteiger partial charge in [-0.15, -0.1) is 0 Å². The lowest BCUT2D eigenvalue weighted by atomic mass is 10.0. The van der Waals surface area contributed by atoms with E-state index in [9.17, 15) is 0 Å². The Balaban J connectivity index is 1.93. The van der Waals surface area contributed by atoms with E-state index in [4.69, 9.17) is 16.3 Å². The van der Waals surface area contributed by atoms with Gasteiger partial charge in [-0.05, 0) is 13.0 Å². The zero-order valence-electron chi connectivity index (χ0n) is 12.2. The fourth-order valence-electron chi connectivity index (χ4n) is 2.49. The number of fused-ring (bicyclic) bond motifs is 1. The summed E-state index contributed by atoms with van der Waals surface area (Å²) in [5.41, 5.74) is 2.05. The number of nitrogens with zero attached hydrogens (tertiary/aromatic N) is 2. The molecule has 0 saturated carbocycles. The number of halogens is 1. The number of hydrogen-bond acceptors (Lipinski definition) is 4. The minimum absolute atomic E-state index is 0.185. The first-order chi connectivity index (χ1) is 10.2. The van der Waals surface area contributed by atoms with Gasteiger partial charge in [0.1, 0.15) is 22.5 Å². The Morgan fingerprint density at radius 2 is 2.14 bits per heavy atom. The standard InChI is InChI=1S/C16H18ClN3O/c1-3-14-19-15(17)10(2)16(20-14)18-12-8-9-21-13-7-5-4-6-11(12)13/h4-7,12H,3,8-9H2,1-2H3,(H,18,19,20). The number of benzene rings is 1. The molecule has 21 heavy (non-hydrogen) atoms. The van der Waals surface area contributed by atoms with Gasteiger partial charge in [0.2, 0.25) is 0 Å². The van der Waals surface area contributed by atoms with Crippen molar-refractivity contribution in [2.24, 2.45) is 0 Å². The normalized spacial score (nSPS) is 17.0. The highest BCUT2D eigenvalue weighted by molar-refractivity contribution is 6.30. The fourth-order valence-corrected chi connectivity index (χ4v) is 2.68. The summed E-state index contributed by atoms with van der Waals surface area (Å²) in [5.74, 6) is 2.51. The van der Waals surface area contributed by atoms with E-state index < -0.39 is 0 Å². The van der Waals surface area contributed by atoms with E-state index in [2.05, 4.69) is 21.4 Å². The van der Waals surface area contributed by atoms with E-state index in [1.807, 2.05) is 32.0 Å². The number of nitrogens with one attached hydrogen (secondary N) is 1. The Labute approximate surface area is 129 Å². The highest BCUT2D eigenvalue weighted by Gasteiger charge is 2.22. The number of para-hydroxylation sites is 1. The van der Waals surface area contributed by atoms with Gasteiger partial charge >= 0.3 is 0 Å². The molecule has 2 aromatic rings. The first-order valence-electron chi connectivity index (χ1n) is 7.20.